The molecule has 0 aromatic carbocycles. The number of aliphatic carboxylic acids is 1. The second-order valence-corrected chi connectivity index (χ2v) is 4.28. The first-order valence-electron chi connectivity index (χ1n) is 5.27. The van der Waals surface area contributed by atoms with E-state index in [-0.39, 0.29) is 11.8 Å². The minimum atomic E-state index is -1.09. The van der Waals surface area contributed by atoms with E-state index in [0.29, 0.717) is 19.0 Å². The van der Waals surface area contributed by atoms with Crippen molar-refractivity contribution in [3.05, 3.63) is 12.7 Å². The number of carboxylic acid groups (broad SMARTS) is 1. The van der Waals surface area contributed by atoms with E-state index in [2.05, 4.69) is 6.58 Å². The molecule has 0 spiro atoms. The molecule has 0 heterocycles. The van der Waals surface area contributed by atoms with Gasteiger partial charge in [-0.15, -0.1) is 6.58 Å². The molecular weight excluding hydrogens is 194 g/mol. The number of nitrogens with zero attached hydrogens (tertiary/aromatic N) is 1. The number of amides is 1. The molecule has 1 amide bonds. The van der Waals surface area contributed by atoms with Crippen LogP contribution in [0.5, 0.6) is 0 Å². The molecule has 15 heavy (non-hydrogen) atoms. The second kappa shape index (κ2) is 3.68. The first kappa shape index (κ1) is 10.2. The highest BCUT2D eigenvalue weighted by Crippen LogP contribution is 2.41. The van der Waals surface area contributed by atoms with Crippen molar-refractivity contribution < 1.29 is 14.7 Å². The summed E-state index contributed by atoms with van der Waals surface area (Å²) < 4.78 is 0. The third kappa shape index (κ3) is 2.03. The van der Waals surface area contributed by atoms with Gasteiger partial charge in [0.1, 0.15) is 0 Å². The van der Waals surface area contributed by atoms with E-state index in [9.17, 15) is 14.7 Å². The standard InChI is InChI=1S/C11H15NO3/c1-2-5-12(7-3-4-7)10(13)8-6-9(8)11(14)15/h2,7-9H,1,3-6H2,(H,14,15)/p-1. The summed E-state index contributed by atoms with van der Waals surface area (Å²) in [6.45, 7) is 4.13. The van der Waals surface area contributed by atoms with Crippen molar-refractivity contribution in [1.29, 1.82) is 0 Å². The Kier molecular flexibility index (Phi) is 2.50. The molecule has 2 atom stereocenters. The Bertz CT molecular complexity index is 309. The van der Waals surface area contributed by atoms with Crippen molar-refractivity contribution in [3.63, 3.8) is 0 Å². The van der Waals surface area contributed by atoms with Crippen LogP contribution in [0.25, 0.3) is 0 Å². The Morgan fingerprint density at radius 1 is 1.40 bits per heavy atom. The second-order valence-electron chi connectivity index (χ2n) is 4.28. The van der Waals surface area contributed by atoms with E-state index >= 15 is 0 Å². The lowest BCUT2D eigenvalue weighted by Crippen LogP contribution is -2.36. The average molecular weight is 208 g/mol. The zero-order valence-corrected chi connectivity index (χ0v) is 8.52. The summed E-state index contributed by atoms with van der Waals surface area (Å²) in [5, 5.41) is 10.5. The van der Waals surface area contributed by atoms with Crippen LogP contribution >= 0.6 is 0 Å². The Morgan fingerprint density at radius 2 is 2.07 bits per heavy atom. The highest BCUT2D eigenvalue weighted by atomic mass is 16.4. The van der Waals surface area contributed by atoms with Gasteiger partial charge in [0.2, 0.25) is 5.91 Å². The average Bonchev–Trinajstić information content (AvgIpc) is 3.03. The van der Waals surface area contributed by atoms with Gasteiger partial charge in [0.15, 0.2) is 0 Å². The lowest BCUT2D eigenvalue weighted by Gasteiger charge is -2.20. The molecule has 2 fully saturated rings. The van der Waals surface area contributed by atoms with Crippen LogP contribution in [0.4, 0.5) is 0 Å². The molecule has 0 aromatic rings. The lowest BCUT2D eigenvalue weighted by molar-refractivity contribution is -0.308. The predicted molar refractivity (Wildman–Crippen MR) is 51.5 cm³/mol. The SMILES string of the molecule is C=CCN(C(=O)C1CC1C(=O)[O-])C1CC1. The summed E-state index contributed by atoms with van der Waals surface area (Å²) in [4.78, 5) is 24.2. The van der Waals surface area contributed by atoms with Gasteiger partial charge in [0.05, 0.1) is 0 Å². The van der Waals surface area contributed by atoms with Crippen molar-refractivity contribution >= 4 is 11.9 Å². The molecule has 82 valence electrons. The van der Waals surface area contributed by atoms with Crippen molar-refractivity contribution in [3.8, 4) is 0 Å². The highest BCUT2D eigenvalue weighted by molar-refractivity contribution is 5.89. The fourth-order valence-corrected chi connectivity index (χ4v) is 1.89. The van der Waals surface area contributed by atoms with E-state index in [1.54, 1.807) is 11.0 Å². The summed E-state index contributed by atoms with van der Waals surface area (Å²) >= 11 is 0. The van der Waals surface area contributed by atoms with E-state index in [0.717, 1.165) is 12.8 Å². The van der Waals surface area contributed by atoms with Gasteiger partial charge in [-0.25, -0.2) is 0 Å². The van der Waals surface area contributed by atoms with Crippen LogP contribution in [0, 0.1) is 11.8 Å². The molecule has 0 saturated heterocycles. The first-order chi connectivity index (χ1) is 7.15. The van der Waals surface area contributed by atoms with Crippen LogP contribution in [-0.4, -0.2) is 29.4 Å². The first-order valence-corrected chi connectivity index (χ1v) is 5.27. The van der Waals surface area contributed by atoms with Gasteiger partial charge in [-0.2, -0.15) is 0 Å². The topological polar surface area (TPSA) is 60.4 Å². The summed E-state index contributed by atoms with van der Waals surface area (Å²) in [5.41, 5.74) is 0. The molecule has 0 aromatic heterocycles. The normalized spacial score (nSPS) is 28.3. The predicted octanol–water partition coefficient (Wildman–Crippen LogP) is -0.451. The Balaban J connectivity index is 1.94. The molecule has 4 nitrogen and oxygen atoms in total. The minimum absolute atomic E-state index is 0.0356. The number of carboxylic acids is 1. The zero-order chi connectivity index (χ0) is 11.0. The van der Waals surface area contributed by atoms with Gasteiger partial charge in [-0.05, 0) is 19.3 Å². The molecular formula is C11H14NO3-. The van der Waals surface area contributed by atoms with Gasteiger partial charge in [0.25, 0.3) is 0 Å². The van der Waals surface area contributed by atoms with Crippen LogP contribution in [0.2, 0.25) is 0 Å². The van der Waals surface area contributed by atoms with Crippen LogP contribution in [0.15, 0.2) is 12.7 Å². The smallest absolute Gasteiger partial charge is 0.226 e. The van der Waals surface area contributed by atoms with E-state index in [4.69, 9.17) is 0 Å². The Hall–Kier alpha value is -1.32. The van der Waals surface area contributed by atoms with Gasteiger partial charge < -0.3 is 14.8 Å². The molecule has 0 radical (unpaired) electrons. The van der Waals surface area contributed by atoms with Crippen LogP contribution in [0.3, 0.4) is 0 Å². The summed E-state index contributed by atoms with van der Waals surface area (Å²) in [7, 11) is 0. The van der Waals surface area contributed by atoms with Crippen LogP contribution < -0.4 is 5.11 Å². The fourth-order valence-electron chi connectivity index (χ4n) is 1.89. The molecule has 2 rings (SSSR count). The van der Waals surface area contributed by atoms with Gasteiger partial charge in [-0.3, -0.25) is 4.79 Å². The Labute approximate surface area is 88.6 Å². The number of carbonyl (C=O) groups excluding carboxylic acids is 2. The maximum Gasteiger partial charge on any atom is 0.226 e. The molecule has 2 saturated carbocycles. The van der Waals surface area contributed by atoms with Gasteiger partial charge in [0, 0.05) is 30.4 Å². The van der Waals surface area contributed by atoms with E-state index < -0.39 is 11.9 Å². The molecule has 0 aliphatic heterocycles. The summed E-state index contributed by atoms with van der Waals surface area (Å²) in [6.07, 6.45) is 4.19. The highest BCUT2D eigenvalue weighted by Gasteiger charge is 2.47. The molecule has 2 unspecified atom stereocenters. The third-order valence-corrected chi connectivity index (χ3v) is 3.01. The maximum absolute atomic E-state index is 11.9. The van der Waals surface area contributed by atoms with Gasteiger partial charge in [-0.1, -0.05) is 6.08 Å². The van der Waals surface area contributed by atoms with Crippen molar-refractivity contribution in [2.75, 3.05) is 6.54 Å². The van der Waals surface area contributed by atoms with Crippen molar-refractivity contribution in [2.24, 2.45) is 11.8 Å². The number of rotatable bonds is 5. The number of carbonyl (C=O) groups is 2. The molecule has 2 aliphatic rings. The fraction of sp³-hybridized carbons (Fsp3) is 0.636. The van der Waals surface area contributed by atoms with E-state index in [1.165, 1.54) is 0 Å². The summed E-state index contributed by atoms with van der Waals surface area (Å²) in [5.74, 6) is -2.02. The molecule has 2 aliphatic carbocycles. The van der Waals surface area contributed by atoms with Crippen molar-refractivity contribution in [2.45, 2.75) is 25.3 Å². The Morgan fingerprint density at radius 3 is 2.47 bits per heavy atom. The zero-order valence-electron chi connectivity index (χ0n) is 8.52. The monoisotopic (exact) mass is 208 g/mol. The largest absolute Gasteiger partial charge is 0.550 e. The third-order valence-electron chi connectivity index (χ3n) is 3.01. The van der Waals surface area contributed by atoms with Gasteiger partial charge >= 0.3 is 0 Å². The van der Waals surface area contributed by atoms with E-state index in [1.807, 2.05) is 0 Å². The van der Waals surface area contributed by atoms with Crippen LogP contribution in [-0.2, 0) is 9.59 Å². The number of hydrogen-bond acceptors (Lipinski definition) is 3. The number of hydrogen-bond donors (Lipinski definition) is 0. The van der Waals surface area contributed by atoms with Crippen LogP contribution in [0.1, 0.15) is 19.3 Å². The quantitative estimate of drug-likeness (QED) is 0.575. The molecule has 4 heteroatoms. The molecule has 0 N–H and O–H groups in total. The lowest BCUT2D eigenvalue weighted by atomic mass is 10.2. The van der Waals surface area contributed by atoms with Crippen molar-refractivity contribution in [1.82, 2.24) is 4.90 Å². The minimum Gasteiger partial charge on any atom is -0.550 e. The maximum atomic E-state index is 11.9. The molecule has 0 bridgehead atoms. The summed E-state index contributed by atoms with van der Waals surface area (Å²) in [6, 6.07) is 0.318.